The van der Waals surface area contributed by atoms with E-state index >= 15 is 0 Å². The molecule has 1 atom stereocenters. The summed E-state index contributed by atoms with van der Waals surface area (Å²) in [6.45, 7) is 9.85. The van der Waals surface area contributed by atoms with E-state index in [1.807, 2.05) is 10.9 Å². The molecule has 1 N–H and O–H groups in total. The van der Waals surface area contributed by atoms with Gasteiger partial charge in [-0.1, -0.05) is 0 Å². The van der Waals surface area contributed by atoms with Crippen LogP contribution in [0.25, 0.3) is 0 Å². The van der Waals surface area contributed by atoms with Gasteiger partial charge in [0.15, 0.2) is 0 Å². The van der Waals surface area contributed by atoms with Gasteiger partial charge in [0.25, 0.3) is 0 Å². The quantitative estimate of drug-likeness (QED) is 0.858. The first-order valence-corrected chi connectivity index (χ1v) is 5.69. The minimum absolute atomic E-state index is 0. The van der Waals surface area contributed by atoms with E-state index in [9.17, 15) is 0 Å². The Kier molecular flexibility index (Phi) is 5.25. The number of rotatable bonds is 3. The van der Waals surface area contributed by atoms with Crippen LogP contribution in [0.4, 0.5) is 0 Å². The molecule has 0 amide bonds. The minimum atomic E-state index is 0. The van der Waals surface area contributed by atoms with Crippen LogP contribution in [0.3, 0.4) is 0 Å². The fourth-order valence-electron chi connectivity index (χ4n) is 2.05. The Morgan fingerprint density at radius 3 is 2.94 bits per heavy atom. The molecule has 1 unspecified atom stereocenters. The molecule has 1 aromatic rings. The highest BCUT2D eigenvalue weighted by Gasteiger charge is 2.14. The maximum atomic E-state index is 4.29. The van der Waals surface area contributed by atoms with Crippen LogP contribution in [0, 0.1) is 6.92 Å². The van der Waals surface area contributed by atoms with Crippen LogP contribution in [-0.2, 0) is 6.54 Å². The zero-order valence-electron chi connectivity index (χ0n) is 10.0. The van der Waals surface area contributed by atoms with Crippen LogP contribution in [0.2, 0.25) is 0 Å². The van der Waals surface area contributed by atoms with Gasteiger partial charge in [0.05, 0.1) is 12.7 Å². The minimum Gasteiger partial charge on any atom is -0.312 e. The summed E-state index contributed by atoms with van der Waals surface area (Å²) >= 11 is 0. The summed E-state index contributed by atoms with van der Waals surface area (Å²) in [7, 11) is 0. The van der Waals surface area contributed by atoms with Crippen LogP contribution in [-0.4, -0.2) is 46.9 Å². The lowest BCUT2D eigenvalue weighted by Gasteiger charge is -2.31. The number of nitrogens with zero attached hydrogens (tertiary/aromatic N) is 3. The Bertz CT molecular complexity index is 313. The van der Waals surface area contributed by atoms with Gasteiger partial charge in [0.1, 0.15) is 0 Å². The molecule has 2 rings (SSSR count). The van der Waals surface area contributed by atoms with Crippen LogP contribution in [0.1, 0.15) is 12.5 Å². The van der Waals surface area contributed by atoms with Crippen molar-refractivity contribution < 1.29 is 0 Å². The smallest absolute Gasteiger partial charge is 0.0536 e. The summed E-state index contributed by atoms with van der Waals surface area (Å²) in [6, 6.07) is 0.623. The maximum absolute atomic E-state index is 4.29. The van der Waals surface area contributed by atoms with E-state index in [0.29, 0.717) is 6.04 Å². The second-order valence-electron chi connectivity index (χ2n) is 4.44. The van der Waals surface area contributed by atoms with Crippen LogP contribution in [0.15, 0.2) is 12.4 Å². The van der Waals surface area contributed by atoms with Crippen molar-refractivity contribution in [1.29, 1.82) is 0 Å². The summed E-state index contributed by atoms with van der Waals surface area (Å²) in [6.07, 6.45) is 4.02. The standard InChI is InChI=1S/C11H20N4.ClH/c1-10-7-13-15(8-10)6-5-14-4-3-12-11(2)9-14;/h7-8,11-12H,3-6,9H2,1-2H3;1H. The fraction of sp³-hybridized carbons (Fsp3) is 0.727. The van der Waals surface area contributed by atoms with Gasteiger partial charge >= 0.3 is 0 Å². The van der Waals surface area contributed by atoms with Gasteiger partial charge in [-0.3, -0.25) is 9.58 Å². The SMILES string of the molecule is Cc1cnn(CCN2CCNC(C)C2)c1.Cl. The largest absolute Gasteiger partial charge is 0.312 e. The lowest BCUT2D eigenvalue weighted by molar-refractivity contribution is 0.198. The molecule has 0 aromatic carbocycles. The molecule has 1 saturated heterocycles. The summed E-state index contributed by atoms with van der Waals surface area (Å²) in [5.74, 6) is 0. The predicted octanol–water partition coefficient (Wildman–Crippen LogP) is 0.907. The van der Waals surface area contributed by atoms with Gasteiger partial charge < -0.3 is 5.32 Å². The molecule has 0 aliphatic carbocycles. The third kappa shape index (κ3) is 3.77. The Morgan fingerprint density at radius 2 is 2.31 bits per heavy atom. The van der Waals surface area contributed by atoms with Crippen molar-refractivity contribution in [2.24, 2.45) is 0 Å². The van der Waals surface area contributed by atoms with Crippen molar-refractivity contribution in [2.45, 2.75) is 26.4 Å². The van der Waals surface area contributed by atoms with E-state index in [1.165, 1.54) is 5.56 Å². The Morgan fingerprint density at radius 1 is 1.50 bits per heavy atom. The van der Waals surface area contributed by atoms with E-state index in [1.54, 1.807) is 0 Å². The van der Waals surface area contributed by atoms with Gasteiger partial charge in [-0.2, -0.15) is 5.10 Å². The third-order valence-electron chi connectivity index (χ3n) is 2.86. The Hall–Kier alpha value is -0.580. The second-order valence-corrected chi connectivity index (χ2v) is 4.44. The molecular formula is C11H21ClN4. The van der Waals surface area contributed by atoms with Crippen LogP contribution in [0.5, 0.6) is 0 Å². The molecule has 92 valence electrons. The molecule has 2 heterocycles. The summed E-state index contributed by atoms with van der Waals surface area (Å²) in [5.41, 5.74) is 1.24. The van der Waals surface area contributed by atoms with Gasteiger partial charge in [0, 0.05) is 38.4 Å². The van der Waals surface area contributed by atoms with E-state index in [2.05, 4.69) is 35.4 Å². The Balaban J connectivity index is 0.00000128. The van der Waals surface area contributed by atoms with Gasteiger partial charge in [-0.05, 0) is 19.4 Å². The molecular weight excluding hydrogens is 224 g/mol. The first-order valence-electron chi connectivity index (χ1n) is 5.69. The highest BCUT2D eigenvalue weighted by molar-refractivity contribution is 5.85. The number of aryl methyl sites for hydroxylation is 1. The monoisotopic (exact) mass is 244 g/mol. The van der Waals surface area contributed by atoms with E-state index in [0.717, 1.165) is 32.7 Å². The summed E-state index contributed by atoms with van der Waals surface area (Å²) < 4.78 is 2.03. The average Bonchev–Trinajstić information content (AvgIpc) is 2.62. The highest BCUT2D eigenvalue weighted by atomic mass is 35.5. The molecule has 0 spiro atoms. The molecule has 1 aliphatic rings. The zero-order chi connectivity index (χ0) is 10.7. The van der Waals surface area contributed by atoms with Crippen molar-refractivity contribution >= 4 is 12.4 Å². The third-order valence-corrected chi connectivity index (χ3v) is 2.86. The first kappa shape index (κ1) is 13.5. The summed E-state index contributed by atoms with van der Waals surface area (Å²) in [4.78, 5) is 2.50. The summed E-state index contributed by atoms with van der Waals surface area (Å²) in [5, 5.41) is 7.74. The molecule has 1 fully saturated rings. The van der Waals surface area contributed by atoms with Crippen molar-refractivity contribution in [2.75, 3.05) is 26.2 Å². The average molecular weight is 245 g/mol. The number of hydrogen-bond donors (Lipinski definition) is 1. The Labute approximate surface area is 103 Å². The first-order chi connectivity index (χ1) is 7.24. The van der Waals surface area contributed by atoms with Crippen LogP contribution < -0.4 is 5.32 Å². The van der Waals surface area contributed by atoms with Crippen molar-refractivity contribution in [3.05, 3.63) is 18.0 Å². The molecule has 1 aromatic heterocycles. The topological polar surface area (TPSA) is 33.1 Å². The number of piperazine rings is 1. The maximum Gasteiger partial charge on any atom is 0.0536 e. The number of nitrogens with one attached hydrogen (secondary N) is 1. The molecule has 0 bridgehead atoms. The van der Waals surface area contributed by atoms with E-state index < -0.39 is 0 Å². The molecule has 0 radical (unpaired) electrons. The highest BCUT2D eigenvalue weighted by Crippen LogP contribution is 2.00. The van der Waals surface area contributed by atoms with Crippen molar-refractivity contribution in [3.63, 3.8) is 0 Å². The zero-order valence-corrected chi connectivity index (χ0v) is 10.8. The predicted molar refractivity (Wildman–Crippen MR) is 68.1 cm³/mol. The molecule has 16 heavy (non-hydrogen) atoms. The lowest BCUT2D eigenvalue weighted by atomic mass is 10.2. The second kappa shape index (κ2) is 6.23. The number of hydrogen-bond acceptors (Lipinski definition) is 3. The van der Waals surface area contributed by atoms with E-state index in [4.69, 9.17) is 0 Å². The number of aromatic nitrogens is 2. The van der Waals surface area contributed by atoms with Gasteiger partial charge in [-0.15, -0.1) is 12.4 Å². The van der Waals surface area contributed by atoms with Gasteiger partial charge in [-0.25, -0.2) is 0 Å². The van der Waals surface area contributed by atoms with Crippen molar-refractivity contribution in [1.82, 2.24) is 20.0 Å². The molecule has 4 nitrogen and oxygen atoms in total. The molecule has 5 heteroatoms. The molecule has 1 aliphatic heterocycles. The number of halogens is 1. The van der Waals surface area contributed by atoms with Gasteiger partial charge in [0.2, 0.25) is 0 Å². The van der Waals surface area contributed by atoms with Crippen LogP contribution >= 0.6 is 12.4 Å². The van der Waals surface area contributed by atoms with E-state index in [-0.39, 0.29) is 12.4 Å². The van der Waals surface area contributed by atoms with Crippen molar-refractivity contribution in [3.8, 4) is 0 Å². The molecule has 0 saturated carbocycles. The lowest BCUT2D eigenvalue weighted by Crippen LogP contribution is -2.49. The fourth-order valence-corrected chi connectivity index (χ4v) is 2.05. The normalized spacial score (nSPS) is 21.8.